The third kappa shape index (κ3) is 2.40. The van der Waals surface area contributed by atoms with Gasteiger partial charge in [-0.25, -0.2) is 4.57 Å². The molecule has 0 amide bonds. The van der Waals surface area contributed by atoms with Crippen molar-refractivity contribution in [2.24, 2.45) is 0 Å². The van der Waals surface area contributed by atoms with Gasteiger partial charge in [-0.3, -0.25) is 4.79 Å². The van der Waals surface area contributed by atoms with Crippen molar-refractivity contribution in [3.05, 3.63) is 50.8 Å². The molecule has 0 saturated carbocycles. The number of aromatic nitrogens is 1. The molecule has 1 aliphatic carbocycles. The first-order valence-corrected chi connectivity index (χ1v) is 7.39. The average Bonchev–Trinajstić information content (AvgIpc) is 2.49. The summed E-state index contributed by atoms with van der Waals surface area (Å²) in [6, 6.07) is 6.87. The van der Waals surface area contributed by atoms with E-state index in [4.69, 9.17) is 16.3 Å². The van der Waals surface area contributed by atoms with Crippen molar-refractivity contribution < 1.29 is 9.84 Å². The summed E-state index contributed by atoms with van der Waals surface area (Å²) in [5.41, 5.74) is 1.93. The first-order valence-electron chi connectivity index (χ1n) is 7.01. The predicted molar refractivity (Wildman–Crippen MR) is 81.9 cm³/mol. The molecule has 1 aromatic carbocycles. The first-order chi connectivity index (χ1) is 10.1. The van der Waals surface area contributed by atoms with E-state index in [9.17, 15) is 9.90 Å². The summed E-state index contributed by atoms with van der Waals surface area (Å²) in [7, 11) is 0. The van der Waals surface area contributed by atoms with Crippen molar-refractivity contribution in [3.8, 4) is 17.3 Å². The monoisotopic (exact) mass is 305 g/mol. The Kier molecular flexibility index (Phi) is 3.64. The van der Waals surface area contributed by atoms with Crippen LogP contribution in [0.2, 0.25) is 5.02 Å². The van der Waals surface area contributed by atoms with Crippen molar-refractivity contribution in [1.29, 1.82) is 0 Å². The van der Waals surface area contributed by atoms with E-state index in [0.29, 0.717) is 23.1 Å². The van der Waals surface area contributed by atoms with Crippen LogP contribution < -0.4 is 10.3 Å². The molecule has 0 fully saturated rings. The highest BCUT2D eigenvalue weighted by Gasteiger charge is 2.19. The zero-order valence-corrected chi connectivity index (χ0v) is 12.5. The third-order valence-electron chi connectivity index (χ3n) is 3.69. The van der Waals surface area contributed by atoms with Crippen LogP contribution in [0.25, 0.3) is 5.69 Å². The number of ether oxygens (including phenoxy) is 1. The van der Waals surface area contributed by atoms with Crippen LogP contribution >= 0.6 is 11.6 Å². The lowest BCUT2D eigenvalue weighted by Gasteiger charge is -2.19. The second-order valence-electron chi connectivity index (χ2n) is 5.06. The Balaban J connectivity index is 2.20. The van der Waals surface area contributed by atoms with Crippen LogP contribution in [0.5, 0.6) is 11.6 Å². The molecule has 0 saturated heterocycles. The van der Waals surface area contributed by atoms with Crippen LogP contribution in [0.15, 0.2) is 29.1 Å². The van der Waals surface area contributed by atoms with E-state index in [1.807, 2.05) is 6.92 Å². The normalized spacial score (nSPS) is 13.2. The number of fused-ring (bicyclic) bond motifs is 2. The Labute approximate surface area is 127 Å². The van der Waals surface area contributed by atoms with Gasteiger partial charge in [-0.2, -0.15) is 0 Å². The van der Waals surface area contributed by atoms with Gasteiger partial charge >= 0.3 is 0 Å². The number of aromatic hydroxyl groups is 1. The molecule has 0 aliphatic heterocycles. The number of hydrogen-bond acceptors (Lipinski definition) is 3. The Morgan fingerprint density at radius 2 is 2.05 bits per heavy atom. The summed E-state index contributed by atoms with van der Waals surface area (Å²) in [5, 5.41) is 10.8. The van der Waals surface area contributed by atoms with Gasteiger partial charge < -0.3 is 9.84 Å². The quantitative estimate of drug-likeness (QED) is 0.948. The highest BCUT2D eigenvalue weighted by molar-refractivity contribution is 6.32. The Morgan fingerprint density at radius 3 is 2.81 bits per heavy atom. The number of pyridine rings is 1. The zero-order chi connectivity index (χ0) is 15.0. The number of nitrogens with zero attached hydrogens (tertiary/aromatic N) is 1. The van der Waals surface area contributed by atoms with Gasteiger partial charge in [0.1, 0.15) is 5.75 Å². The summed E-state index contributed by atoms with van der Waals surface area (Å²) < 4.78 is 6.79. The molecule has 1 heterocycles. The van der Waals surface area contributed by atoms with E-state index in [1.165, 1.54) is 4.57 Å². The number of hydrogen-bond donors (Lipinski definition) is 1. The summed E-state index contributed by atoms with van der Waals surface area (Å²) >= 11 is 6.07. The molecule has 2 aromatic rings. The van der Waals surface area contributed by atoms with Gasteiger partial charge in [-0.15, -0.1) is 0 Å². The largest absolute Gasteiger partial charge is 0.494 e. The molecule has 5 heteroatoms. The SMILES string of the molecule is CCOc1cc(-n2c(O)c3cc(c2=O)CCC3)ccc1Cl. The molecule has 0 radical (unpaired) electrons. The van der Waals surface area contributed by atoms with E-state index in [-0.39, 0.29) is 11.4 Å². The van der Waals surface area contributed by atoms with Crippen molar-refractivity contribution in [2.45, 2.75) is 26.2 Å². The van der Waals surface area contributed by atoms with Gasteiger partial charge in [0.15, 0.2) is 0 Å². The van der Waals surface area contributed by atoms with E-state index >= 15 is 0 Å². The van der Waals surface area contributed by atoms with Gasteiger partial charge in [0.05, 0.1) is 17.3 Å². The first kappa shape index (κ1) is 14.0. The average molecular weight is 306 g/mol. The number of aryl methyl sites for hydroxylation is 2. The number of halogens is 1. The van der Waals surface area contributed by atoms with Crippen LogP contribution in [0, 0.1) is 0 Å². The minimum absolute atomic E-state index is 0.00761. The Morgan fingerprint density at radius 1 is 1.29 bits per heavy atom. The van der Waals surface area contributed by atoms with Crippen LogP contribution in [0.4, 0.5) is 0 Å². The fourth-order valence-electron chi connectivity index (χ4n) is 2.69. The molecule has 1 aliphatic rings. The fourth-order valence-corrected chi connectivity index (χ4v) is 2.86. The van der Waals surface area contributed by atoms with Crippen LogP contribution in [-0.4, -0.2) is 16.3 Å². The maximum absolute atomic E-state index is 12.5. The highest BCUT2D eigenvalue weighted by Crippen LogP contribution is 2.30. The molecule has 1 aromatic heterocycles. The molecule has 4 nitrogen and oxygen atoms in total. The Bertz CT molecular complexity index is 752. The summed E-state index contributed by atoms with van der Waals surface area (Å²) in [5.74, 6) is 0.514. The highest BCUT2D eigenvalue weighted by atomic mass is 35.5. The maximum Gasteiger partial charge on any atom is 0.261 e. The van der Waals surface area contributed by atoms with Gasteiger partial charge in [0, 0.05) is 17.2 Å². The molecule has 0 atom stereocenters. The molecular formula is C16H16ClNO3. The predicted octanol–water partition coefficient (Wildman–Crippen LogP) is 3.08. The molecule has 110 valence electrons. The maximum atomic E-state index is 12.5. The standard InChI is InChI=1S/C16H16ClNO3/c1-2-21-14-9-12(6-7-13(14)17)18-15(19)10-4-3-5-11(8-10)16(18)20/h6-9,19H,2-5H2,1H3. The second-order valence-corrected chi connectivity index (χ2v) is 5.47. The van der Waals surface area contributed by atoms with E-state index in [2.05, 4.69) is 0 Å². The van der Waals surface area contributed by atoms with E-state index < -0.39 is 0 Å². The Hall–Kier alpha value is -1.94. The summed E-state index contributed by atoms with van der Waals surface area (Å²) in [6.45, 7) is 2.35. The lowest BCUT2D eigenvalue weighted by molar-refractivity contribution is 0.340. The smallest absolute Gasteiger partial charge is 0.261 e. The molecule has 21 heavy (non-hydrogen) atoms. The van der Waals surface area contributed by atoms with Crippen LogP contribution in [-0.2, 0) is 12.8 Å². The van der Waals surface area contributed by atoms with Crippen molar-refractivity contribution >= 4 is 11.6 Å². The number of rotatable bonds is 3. The minimum atomic E-state index is -0.180. The second kappa shape index (κ2) is 5.45. The lowest BCUT2D eigenvalue weighted by Crippen LogP contribution is -2.25. The van der Waals surface area contributed by atoms with Crippen LogP contribution in [0.3, 0.4) is 0 Å². The van der Waals surface area contributed by atoms with Crippen molar-refractivity contribution in [3.63, 3.8) is 0 Å². The van der Waals surface area contributed by atoms with Crippen LogP contribution in [0.1, 0.15) is 24.5 Å². The molecule has 0 unspecified atom stereocenters. The number of benzene rings is 1. The minimum Gasteiger partial charge on any atom is -0.494 e. The van der Waals surface area contributed by atoms with E-state index in [1.54, 1.807) is 24.3 Å². The van der Waals surface area contributed by atoms with E-state index in [0.717, 1.165) is 30.4 Å². The molecular weight excluding hydrogens is 290 g/mol. The summed E-state index contributed by atoms with van der Waals surface area (Å²) in [4.78, 5) is 12.5. The lowest BCUT2D eigenvalue weighted by atomic mass is 9.97. The third-order valence-corrected chi connectivity index (χ3v) is 4.00. The van der Waals surface area contributed by atoms with Crippen molar-refractivity contribution in [1.82, 2.24) is 4.57 Å². The molecule has 0 spiro atoms. The van der Waals surface area contributed by atoms with Crippen molar-refractivity contribution in [2.75, 3.05) is 6.61 Å². The molecule has 3 rings (SSSR count). The molecule has 1 N–H and O–H groups in total. The van der Waals surface area contributed by atoms with Gasteiger partial charge in [-0.1, -0.05) is 11.6 Å². The fraction of sp³-hybridized carbons (Fsp3) is 0.312. The topological polar surface area (TPSA) is 51.5 Å². The van der Waals surface area contributed by atoms with Gasteiger partial charge in [-0.05, 0) is 44.4 Å². The molecule has 2 bridgehead atoms. The summed E-state index contributed by atoms with van der Waals surface area (Å²) in [6.07, 6.45) is 2.43. The van der Waals surface area contributed by atoms with Gasteiger partial charge in [0.2, 0.25) is 5.88 Å². The van der Waals surface area contributed by atoms with Gasteiger partial charge in [0.25, 0.3) is 5.56 Å². The zero-order valence-electron chi connectivity index (χ0n) is 11.7.